The van der Waals surface area contributed by atoms with Crippen molar-refractivity contribution in [3.05, 3.63) is 64.7 Å². The minimum absolute atomic E-state index is 0.157. The fourth-order valence-electron chi connectivity index (χ4n) is 3.66. The van der Waals surface area contributed by atoms with Crippen molar-refractivity contribution < 1.29 is 18.1 Å². The first kappa shape index (κ1) is 19.9. The molecule has 0 heterocycles. The van der Waals surface area contributed by atoms with Gasteiger partial charge in [0.2, 0.25) is 0 Å². The molecule has 0 aliphatic heterocycles. The first-order valence-electron chi connectivity index (χ1n) is 9.32. The molecule has 0 radical (unpaired) electrons. The lowest BCUT2D eigenvalue weighted by molar-refractivity contribution is -0.385. The Morgan fingerprint density at radius 1 is 1.20 bits per heavy atom. The molecule has 2 aliphatic rings. The van der Waals surface area contributed by atoms with Gasteiger partial charge in [-0.3, -0.25) is 20.3 Å². The van der Waals surface area contributed by atoms with Gasteiger partial charge in [0.25, 0.3) is 15.7 Å². The molecule has 0 saturated heterocycles. The molecule has 1 saturated carbocycles. The number of sulfonamides is 1. The lowest BCUT2D eigenvalue weighted by Gasteiger charge is -2.32. The van der Waals surface area contributed by atoms with Crippen molar-refractivity contribution in [3.63, 3.8) is 0 Å². The second-order valence-corrected chi connectivity index (χ2v) is 8.75. The van der Waals surface area contributed by atoms with Crippen LogP contribution in [0.5, 0.6) is 5.75 Å². The van der Waals surface area contributed by atoms with Crippen LogP contribution in [-0.2, 0) is 10.0 Å². The normalized spacial score (nSPS) is 21.0. The minimum Gasteiger partial charge on any atom is -0.495 e. The third-order valence-electron chi connectivity index (χ3n) is 5.30. The fraction of sp³-hybridized carbons (Fsp3) is 0.250. The molecule has 30 heavy (non-hydrogen) atoms. The molecule has 156 valence electrons. The summed E-state index contributed by atoms with van der Waals surface area (Å²) in [6.45, 7) is 0. The molecular formula is C20H20N4O5S. The Morgan fingerprint density at radius 3 is 2.73 bits per heavy atom. The van der Waals surface area contributed by atoms with Gasteiger partial charge in [-0.15, -0.1) is 0 Å². The summed E-state index contributed by atoms with van der Waals surface area (Å²) in [6.07, 6.45) is 6.04. The van der Waals surface area contributed by atoms with E-state index in [1.165, 1.54) is 19.2 Å². The largest absolute Gasteiger partial charge is 0.495 e. The summed E-state index contributed by atoms with van der Waals surface area (Å²) in [4.78, 5) is 10.3. The number of ether oxygens (including phenoxy) is 1. The fourth-order valence-corrected chi connectivity index (χ4v) is 4.91. The van der Waals surface area contributed by atoms with E-state index >= 15 is 0 Å². The topological polar surface area (TPSA) is 123 Å². The van der Waals surface area contributed by atoms with Gasteiger partial charge in [0.1, 0.15) is 10.6 Å². The van der Waals surface area contributed by atoms with Crippen LogP contribution in [0.4, 0.5) is 17.1 Å². The molecule has 9 nitrogen and oxygen atoms in total. The van der Waals surface area contributed by atoms with Gasteiger partial charge < -0.3 is 4.74 Å². The van der Waals surface area contributed by atoms with Gasteiger partial charge in [0.15, 0.2) is 0 Å². The molecule has 0 amide bonds. The molecule has 2 aromatic carbocycles. The summed E-state index contributed by atoms with van der Waals surface area (Å²) in [5.74, 6) is 1.18. The molecule has 2 atom stereocenters. The number of nitro groups is 1. The molecule has 0 aromatic heterocycles. The maximum absolute atomic E-state index is 13.1. The van der Waals surface area contributed by atoms with Crippen molar-refractivity contribution in [1.82, 2.24) is 0 Å². The number of hydrazone groups is 1. The Balaban J connectivity index is 1.66. The number of nitrogens with zero attached hydrogens (tertiary/aromatic N) is 2. The second-order valence-electron chi connectivity index (χ2n) is 7.10. The predicted molar refractivity (Wildman–Crippen MR) is 113 cm³/mol. The Labute approximate surface area is 173 Å². The summed E-state index contributed by atoms with van der Waals surface area (Å²) in [6, 6.07) is 10.1. The maximum Gasteiger partial charge on any atom is 0.270 e. The first-order valence-corrected chi connectivity index (χ1v) is 10.8. The highest BCUT2D eigenvalue weighted by atomic mass is 32.2. The highest BCUT2D eigenvalue weighted by Gasteiger charge is 2.38. The number of non-ortho nitro benzene ring substituents is 1. The molecule has 4 rings (SSSR count). The molecule has 0 bridgehead atoms. The predicted octanol–water partition coefficient (Wildman–Crippen LogP) is 3.77. The Bertz CT molecular complexity index is 1160. The molecule has 10 heteroatoms. The first-order chi connectivity index (χ1) is 14.4. The van der Waals surface area contributed by atoms with Gasteiger partial charge in [0, 0.05) is 23.8 Å². The standard InChI is InChI=1S/C20H20N4O5S/c1-29-19-8-3-2-7-16(19)23-30(27,28)20-12-14(24(25)26)9-10-17(20)21-22-18-11-13-5-4-6-15(13)18/h2-5,7-10,12-13,15,21,23H,6,11H2,1H3/b22-18-. The van der Waals surface area contributed by atoms with Gasteiger partial charge in [-0.25, -0.2) is 8.42 Å². The van der Waals surface area contributed by atoms with Gasteiger partial charge in [-0.1, -0.05) is 24.3 Å². The van der Waals surface area contributed by atoms with Crippen molar-refractivity contribution in [2.45, 2.75) is 17.7 Å². The van der Waals surface area contributed by atoms with Crippen molar-refractivity contribution in [2.75, 3.05) is 17.3 Å². The Hall–Kier alpha value is -3.40. The molecule has 2 aliphatic carbocycles. The van der Waals surface area contributed by atoms with E-state index in [-0.39, 0.29) is 22.0 Å². The van der Waals surface area contributed by atoms with E-state index in [2.05, 4.69) is 27.4 Å². The van der Waals surface area contributed by atoms with Crippen LogP contribution in [0.1, 0.15) is 12.8 Å². The lowest BCUT2D eigenvalue weighted by atomic mass is 9.74. The maximum atomic E-state index is 13.1. The lowest BCUT2D eigenvalue weighted by Crippen LogP contribution is -2.33. The average Bonchev–Trinajstić information content (AvgIpc) is 3.09. The zero-order valence-corrected chi connectivity index (χ0v) is 16.9. The van der Waals surface area contributed by atoms with Crippen molar-refractivity contribution in [1.29, 1.82) is 0 Å². The minimum atomic E-state index is -4.17. The third kappa shape index (κ3) is 3.73. The van der Waals surface area contributed by atoms with E-state index in [1.807, 2.05) is 0 Å². The summed E-state index contributed by atoms with van der Waals surface area (Å²) in [7, 11) is -2.74. The van der Waals surface area contributed by atoms with Crippen molar-refractivity contribution in [3.8, 4) is 5.75 Å². The average molecular weight is 428 g/mol. The Morgan fingerprint density at radius 2 is 2.00 bits per heavy atom. The number of methoxy groups -OCH3 is 1. The number of allylic oxidation sites excluding steroid dienone is 2. The van der Waals surface area contributed by atoms with Crippen molar-refractivity contribution >= 4 is 32.8 Å². The zero-order chi connectivity index (χ0) is 21.3. The molecule has 2 unspecified atom stereocenters. The van der Waals surface area contributed by atoms with Gasteiger partial charge >= 0.3 is 0 Å². The number of hydrogen-bond donors (Lipinski definition) is 2. The number of anilines is 2. The summed E-state index contributed by atoms with van der Waals surface area (Å²) in [5, 5.41) is 15.6. The van der Waals surface area contributed by atoms with E-state index in [4.69, 9.17) is 4.74 Å². The number of hydrogen-bond acceptors (Lipinski definition) is 7. The third-order valence-corrected chi connectivity index (χ3v) is 6.71. The molecule has 2 aromatic rings. The quantitative estimate of drug-likeness (QED) is 0.393. The van der Waals surface area contributed by atoms with Crippen LogP contribution in [0, 0.1) is 22.0 Å². The van der Waals surface area contributed by atoms with Crippen molar-refractivity contribution in [2.24, 2.45) is 16.9 Å². The molecular weight excluding hydrogens is 408 g/mol. The van der Waals surface area contributed by atoms with Gasteiger partial charge in [-0.05, 0) is 37.0 Å². The molecule has 2 N–H and O–H groups in total. The van der Waals surface area contributed by atoms with E-state index in [9.17, 15) is 18.5 Å². The SMILES string of the molecule is COc1ccccc1NS(=O)(=O)c1cc([N+](=O)[O-])ccc1N/N=C1/CC2C=CCC12. The summed E-state index contributed by atoms with van der Waals surface area (Å²) >= 11 is 0. The monoisotopic (exact) mass is 428 g/mol. The van der Waals surface area contributed by atoms with Crippen LogP contribution in [0.2, 0.25) is 0 Å². The van der Waals surface area contributed by atoms with Crippen LogP contribution in [0.3, 0.4) is 0 Å². The number of benzene rings is 2. The molecule has 0 spiro atoms. The van der Waals surface area contributed by atoms with E-state index in [0.717, 1.165) is 24.6 Å². The highest BCUT2D eigenvalue weighted by molar-refractivity contribution is 7.93. The smallest absolute Gasteiger partial charge is 0.270 e. The van der Waals surface area contributed by atoms with Crippen LogP contribution in [0.25, 0.3) is 0 Å². The number of para-hydroxylation sites is 2. The van der Waals surface area contributed by atoms with Gasteiger partial charge in [0.05, 0.1) is 23.4 Å². The van der Waals surface area contributed by atoms with E-state index in [0.29, 0.717) is 17.6 Å². The van der Waals surface area contributed by atoms with E-state index < -0.39 is 14.9 Å². The van der Waals surface area contributed by atoms with Gasteiger partial charge in [-0.2, -0.15) is 5.10 Å². The Kier molecular flexibility index (Phi) is 5.17. The van der Waals surface area contributed by atoms with Crippen LogP contribution in [0.15, 0.2) is 64.6 Å². The summed E-state index contributed by atoms with van der Waals surface area (Å²) < 4.78 is 33.8. The van der Waals surface area contributed by atoms with Crippen LogP contribution < -0.4 is 14.9 Å². The number of fused-ring (bicyclic) bond motifs is 1. The van der Waals surface area contributed by atoms with Crippen LogP contribution >= 0.6 is 0 Å². The zero-order valence-electron chi connectivity index (χ0n) is 16.1. The second kappa shape index (κ2) is 7.79. The van der Waals surface area contributed by atoms with E-state index in [1.54, 1.807) is 24.3 Å². The number of nitrogens with one attached hydrogen (secondary N) is 2. The summed E-state index contributed by atoms with van der Waals surface area (Å²) in [5.41, 5.74) is 3.81. The molecule has 1 fully saturated rings. The van der Waals surface area contributed by atoms with Crippen LogP contribution in [-0.4, -0.2) is 26.2 Å². The number of rotatable bonds is 7. The number of nitro benzene ring substituents is 1. The highest BCUT2D eigenvalue weighted by Crippen LogP contribution is 2.40.